The number of halogens is 2. The number of carbonyl (C=O) groups is 2. The number of hydrogen-bond donors (Lipinski definition) is 0. The minimum Gasteiger partial charge on any atom is -0.377 e. The number of benzene rings is 2. The topological polar surface area (TPSA) is 53.1 Å². The van der Waals surface area contributed by atoms with E-state index in [1.807, 2.05) is 18.7 Å². The van der Waals surface area contributed by atoms with E-state index in [0.29, 0.717) is 43.5 Å². The fraction of sp³-hybridized carbons (Fsp3) is 0.462. The lowest BCUT2D eigenvalue weighted by Crippen LogP contribution is -2.49. The highest BCUT2D eigenvalue weighted by atomic mass is 79.9. The summed E-state index contributed by atoms with van der Waals surface area (Å²) in [6, 6.07) is 15.9. The number of rotatable bonds is 9. The number of hydrogen-bond acceptors (Lipinski definition) is 4. The maximum Gasteiger partial charge on any atom is 0.253 e. The summed E-state index contributed by atoms with van der Waals surface area (Å²) in [5.41, 5.74) is 2.60. The van der Waals surface area contributed by atoms with E-state index in [1.54, 1.807) is 29.2 Å². The molecule has 0 spiro atoms. The highest BCUT2D eigenvalue weighted by Crippen LogP contribution is 2.24. The Morgan fingerprint density at radius 2 is 1.62 bits per heavy atom. The second kappa shape index (κ2) is 12.7. The predicted octanol–water partition coefficient (Wildman–Crippen LogP) is 4.96. The second-order valence-corrected chi connectivity index (χ2v) is 9.88. The molecule has 1 heterocycles. The van der Waals surface area contributed by atoms with Crippen LogP contribution in [0.15, 0.2) is 53.0 Å². The molecule has 0 bridgehead atoms. The molecule has 6 nitrogen and oxygen atoms in total. The van der Waals surface area contributed by atoms with Gasteiger partial charge in [0.2, 0.25) is 5.91 Å². The van der Waals surface area contributed by atoms with E-state index in [0.717, 1.165) is 17.6 Å². The average molecular weight is 551 g/mol. The Morgan fingerprint density at radius 3 is 2.18 bits per heavy atom. The Labute approximate surface area is 215 Å². The summed E-state index contributed by atoms with van der Waals surface area (Å²) in [6.45, 7) is 9.98. The largest absolute Gasteiger partial charge is 0.377 e. The molecule has 2 aromatic carbocycles. The van der Waals surface area contributed by atoms with Crippen molar-refractivity contribution in [3.8, 4) is 0 Å². The van der Waals surface area contributed by atoms with E-state index in [2.05, 4.69) is 52.0 Å². The monoisotopic (exact) mass is 549 g/mol. The number of anilines is 1. The molecule has 0 aromatic heterocycles. The molecule has 34 heavy (non-hydrogen) atoms. The van der Waals surface area contributed by atoms with Crippen LogP contribution in [0.4, 0.5) is 5.69 Å². The maximum atomic E-state index is 13.1. The van der Waals surface area contributed by atoms with Crippen molar-refractivity contribution in [3.63, 3.8) is 0 Å². The fourth-order valence-electron chi connectivity index (χ4n) is 4.08. The first-order chi connectivity index (χ1) is 16.3. The van der Waals surface area contributed by atoms with Gasteiger partial charge in [-0.25, -0.2) is 0 Å². The van der Waals surface area contributed by atoms with E-state index in [1.165, 1.54) is 5.56 Å². The third-order valence-corrected chi connectivity index (χ3v) is 6.87. The molecule has 0 aliphatic carbocycles. The van der Waals surface area contributed by atoms with Gasteiger partial charge in [0, 0.05) is 54.5 Å². The molecule has 1 fully saturated rings. The smallest absolute Gasteiger partial charge is 0.253 e. The standard InChI is InChI=1S/C26H33BrClN3O3/c1-19(2)34-17-16-31(25(32)18-28)24-10-6-22(7-11-24)26(33)30-14-12-29(13-15-30)20(3)21-4-8-23(27)9-5-21/h4-11,19-20H,12-18H2,1-3H3. The maximum absolute atomic E-state index is 13.1. The molecule has 0 radical (unpaired) electrons. The van der Waals surface area contributed by atoms with E-state index in [-0.39, 0.29) is 23.8 Å². The number of nitrogens with zero attached hydrogens (tertiary/aromatic N) is 3. The quantitative estimate of drug-likeness (QED) is 0.414. The van der Waals surface area contributed by atoms with Gasteiger partial charge in [-0.3, -0.25) is 14.5 Å². The average Bonchev–Trinajstić information content (AvgIpc) is 2.86. The minimum atomic E-state index is -0.191. The Bertz CT molecular complexity index is 945. The van der Waals surface area contributed by atoms with Gasteiger partial charge in [0.05, 0.1) is 12.7 Å². The molecule has 1 unspecified atom stereocenters. The van der Waals surface area contributed by atoms with Crippen LogP contribution in [-0.4, -0.2) is 72.9 Å². The van der Waals surface area contributed by atoms with Crippen LogP contribution in [0.3, 0.4) is 0 Å². The van der Waals surface area contributed by atoms with Crippen LogP contribution in [0.25, 0.3) is 0 Å². The van der Waals surface area contributed by atoms with E-state index in [4.69, 9.17) is 16.3 Å². The van der Waals surface area contributed by atoms with Crippen LogP contribution < -0.4 is 4.90 Å². The van der Waals surface area contributed by atoms with Gasteiger partial charge >= 0.3 is 0 Å². The van der Waals surface area contributed by atoms with Crippen molar-refractivity contribution in [2.45, 2.75) is 32.9 Å². The summed E-state index contributed by atoms with van der Waals surface area (Å²) >= 11 is 9.29. The third kappa shape index (κ3) is 7.04. The number of ether oxygens (including phenoxy) is 1. The fourth-order valence-corrected chi connectivity index (χ4v) is 4.49. The lowest BCUT2D eigenvalue weighted by Gasteiger charge is -2.38. The van der Waals surface area contributed by atoms with Crippen LogP contribution in [0, 0.1) is 0 Å². The summed E-state index contributed by atoms with van der Waals surface area (Å²) in [5.74, 6) is -0.282. The summed E-state index contributed by atoms with van der Waals surface area (Å²) < 4.78 is 6.66. The number of amides is 2. The Kier molecular flexibility index (Phi) is 9.95. The molecule has 8 heteroatoms. The summed E-state index contributed by atoms with van der Waals surface area (Å²) in [5, 5.41) is 0. The van der Waals surface area contributed by atoms with Gasteiger partial charge in [0.1, 0.15) is 5.88 Å². The lowest BCUT2D eigenvalue weighted by atomic mass is 10.1. The van der Waals surface area contributed by atoms with Crippen LogP contribution >= 0.6 is 27.5 Å². The van der Waals surface area contributed by atoms with Crippen molar-refractivity contribution in [3.05, 3.63) is 64.1 Å². The zero-order valence-corrected chi connectivity index (χ0v) is 22.4. The molecule has 0 N–H and O–H groups in total. The van der Waals surface area contributed by atoms with Gasteiger partial charge in [0.15, 0.2) is 0 Å². The van der Waals surface area contributed by atoms with Gasteiger partial charge in [-0.05, 0) is 62.7 Å². The van der Waals surface area contributed by atoms with Crippen molar-refractivity contribution in [2.24, 2.45) is 0 Å². The number of alkyl halides is 1. The van der Waals surface area contributed by atoms with Crippen molar-refractivity contribution >= 4 is 45.0 Å². The van der Waals surface area contributed by atoms with E-state index >= 15 is 0 Å². The predicted molar refractivity (Wildman–Crippen MR) is 141 cm³/mol. The summed E-state index contributed by atoms with van der Waals surface area (Å²) in [6.07, 6.45) is 0.0891. The molecule has 1 saturated heterocycles. The molecule has 2 aromatic rings. The first-order valence-electron chi connectivity index (χ1n) is 11.7. The van der Waals surface area contributed by atoms with Crippen LogP contribution in [-0.2, 0) is 9.53 Å². The number of piperazine rings is 1. The highest BCUT2D eigenvalue weighted by Gasteiger charge is 2.25. The van der Waals surface area contributed by atoms with Gasteiger partial charge in [0.25, 0.3) is 5.91 Å². The SMILES string of the molecule is CC(C)OCCN(C(=O)CCl)c1ccc(C(=O)N2CCN(C(C)c3ccc(Br)cc3)CC2)cc1. The minimum absolute atomic E-state index is 0.0147. The Hall–Kier alpha value is -1.93. The van der Waals surface area contributed by atoms with Crippen molar-refractivity contribution in [1.82, 2.24) is 9.80 Å². The van der Waals surface area contributed by atoms with Gasteiger partial charge in [-0.1, -0.05) is 28.1 Å². The molecule has 3 rings (SSSR count). The van der Waals surface area contributed by atoms with Crippen LogP contribution in [0.2, 0.25) is 0 Å². The first kappa shape index (κ1) is 26.7. The molecule has 0 saturated carbocycles. The zero-order chi connectivity index (χ0) is 24.7. The molecule has 2 amide bonds. The summed E-state index contributed by atoms with van der Waals surface area (Å²) in [7, 11) is 0. The second-order valence-electron chi connectivity index (χ2n) is 8.70. The van der Waals surface area contributed by atoms with Crippen molar-refractivity contribution < 1.29 is 14.3 Å². The third-order valence-electron chi connectivity index (χ3n) is 6.11. The Balaban J connectivity index is 1.58. The van der Waals surface area contributed by atoms with Crippen molar-refractivity contribution in [2.75, 3.05) is 50.1 Å². The first-order valence-corrected chi connectivity index (χ1v) is 13.0. The van der Waals surface area contributed by atoms with Crippen molar-refractivity contribution in [1.29, 1.82) is 0 Å². The molecule has 1 aliphatic heterocycles. The summed E-state index contributed by atoms with van der Waals surface area (Å²) in [4.78, 5) is 31.3. The molecule has 1 atom stereocenters. The molecule has 1 aliphatic rings. The van der Waals surface area contributed by atoms with Crippen LogP contribution in [0.5, 0.6) is 0 Å². The molecule has 184 valence electrons. The zero-order valence-electron chi connectivity index (χ0n) is 20.0. The van der Waals surface area contributed by atoms with Crippen LogP contribution in [0.1, 0.15) is 42.7 Å². The normalized spacial score (nSPS) is 15.4. The van der Waals surface area contributed by atoms with E-state index < -0.39 is 0 Å². The van der Waals surface area contributed by atoms with E-state index in [9.17, 15) is 9.59 Å². The Morgan fingerprint density at radius 1 is 1.00 bits per heavy atom. The molecular weight excluding hydrogens is 518 g/mol. The van der Waals surface area contributed by atoms with Gasteiger partial charge in [-0.2, -0.15) is 0 Å². The van der Waals surface area contributed by atoms with Gasteiger partial charge in [-0.15, -0.1) is 11.6 Å². The number of carbonyl (C=O) groups excluding carboxylic acids is 2. The van der Waals surface area contributed by atoms with Gasteiger partial charge < -0.3 is 14.5 Å². The molecular formula is C26H33BrClN3O3. The lowest BCUT2D eigenvalue weighted by molar-refractivity contribution is -0.116. The highest BCUT2D eigenvalue weighted by molar-refractivity contribution is 9.10.